The van der Waals surface area contributed by atoms with Crippen LogP contribution in [0.25, 0.3) is 0 Å². The molecule has 1 fully saturated rings. The Kier molecular flexibility index (Phi) is 1.86. The predicted octanol–water partition coefficient (Wildman–Crippen LogP) is 2.40. The molecule has 0 aromatic carbocycles. The third kappa shape index (κ3) is 1.16. The highest BCUT2D eigenvalue weighted by Gasteiger charge is 2.49. The van der Waals surface area contributed by atoms with Crippen molar-refractivity contribution in [2.75, 3.05) is 0 Å². The number of hydrogen-bond donors (Lipinski definition) is 0. The molecule has 4 heteroatoms. The van der Waals surface area contributed by atoms with E-state index in [4.69, 9.17) is 4.74 Å². The monoisotopic (exact) mass is 188 g/mol. The molecule has 2 rings (SSSR count). The fraction of sp³-hybridized carbons (Fsp3) is 0.667. The van der Waals surface area contributed by atoms with Gasteiger partial charge in [0.15, 0.2) is 11.4 Å². The van der Waals surface area contributed by atoms with Crippen molar-refractivity contribution in [3.63, 3.8) is 0 Å². The SMILES string of the molecule is O=C1OC2(CCCCC2)C(F)=C1F. The second-order valence-corrected chi connectivity index (χ2v) is 3.57. The maximum atomic E-state index is 13.3. The van der Waals surface area contributed by atoms with Crippen LogP contribution in [0.5, 0.6) is 0 Å². The van der Waals surface area contributed by atoms with Crippen molar-refractivity contribution in [2.45, 2.75) is 37.7 Å². The molecule has 1 aliphatic carbocycles. The van der Waals surface area contributed by atoms with Crippen molar-refractivity contribution in [3.8, 4) is 0 Å². The Morgan fingerprint density at radius 2 is 1.77 bits per heavy atom. The molecule has 0 saturated heterocycles. The van der Waals surface area contributed by atoms with Crippen molar-refractivity contribution in [1.82, 2.24) is 0 Å². The minimum Gasteiger partial charge on any atom is -0.446 e. The van der Waals surface area contributed by atoms with Crippen LogP contribution in [-0.2, 0) is 9.53 Å². The molecule has 0 aromatic heterocycles. The highest BCUT2D eigenvalue weighted by molar-refractivity contribution is 5.90. The van der Waals surface area contributed by atoms with Crippen LogP contribution in [0.1, 0.15) is 32.1 Å². The van der Waals surface area contributed by atoms with Crippen LogP contribution in [-0.4, -0.2) is 11.6 Å². The molecular weight excluding hydrogens is 178 g/mol. The summed E-state index contributed by atoms with van der Waals surface area (Å²) in [5.41, 5.74) is -1.24. The Morgan fingerprint density at radius 1 is 1.15 bits per heavy atom. The Morgan fingerprint density at radius 3 is 2.23 bits per heavy atom. The summed E-state index contributed by atoms with van der Waals surface area (Å²) in [6, 6.07) is 0. The lowest BCUT2D eigenvalue weighted by Gasteiger charge is -2.30. The van der Waals surface area contributed by atoms with Crippen molar-refractivity contribution >= 4 is 5.97 Å². The number of esters is 1. The average molecular weight is 188 g/mol. The number of ether oxygens (including phenoxy) is 1. The van der Waals surface area contributed by atoms with Gasteiger partial charge >= 0.3 is 5.97 Å². The van der Waals surface area contributed by atoms with Crippen molar-refractivity contribution in [2.24, 2.45) is 0 Å². The molecule has 0 aromatic rings. The largest absolute Gasteiger partial charge is 0.446 e. The molecule has 2 aliphatic rings. The normalized spacial score (nSPS) is 26.8. The zero-order valence-corrected chi connectivity index (χ0v) is 7.11. The van der Waals surface area contributed by atoms with Gasteiger partial charge in [-0.1, -0.05) is 6.42 Å². The summed E-state index contributed by atoms with van der Waals surface area (Å²) >= 11 is 0. The third-order valence-corrected chi connectivity index (χ3v) is 2.72. The number of hydrogen-bond acceptors (Lipinski definition) is 2. The first kappa shape index (κ1) is 8.66. The quantitative estimate of drug-likeness (QED) is 0.545. The summed E-state index contributed by atoms with van der Waals surface area (Å²) < 4.78 is 30.8. The van der Waals surface area contributed by atoms with Crippen molar-refractivity contribution in [3.05, 3.63) is 11.7 Å². The van der Waals surface area contributed by atoms with Gasteiger partial charge in [-0.05, 0) is 25.7 Å². The molecule has 1 heterocycles. The topological polar surface area (TPSA) is 26.3 Å². The van der Waals surface area contributed by atoms with Gasteiger partial charge in [-0.25, -0.2) is 9.18 Å². The van der Waals surface area contributed by atoms with Gasteiger partial charge in [0.2, 0.25) is 5.83 Å². The second-order valence-electron chi connectivity index (χ2n) is 3.57. The molecule has 2 nitrogen and oxygen atoms in total. The van der Waals surface area contributed by atoms with E-state index in [0.717, 1.165) is 19.3 Å². The van der Waals surface area contributed by atoms with Gasteiger partial charge in [0.05, 0.1) is 0 Å². The van der Waals surface area contributed by atoms with Crippen LogP contribution in [0.3, 0.4) is 0 Å². The zero-order valence-electron chi connectivity index (χ0n) is 7.11. The first-order valence-corrected chi connectivity index (χ1v) is 4.45. The van der Waals surface area contributed by atoms with Crippen LogP contribution >= 0.6 is 0 Å². The van der Waals surface area contributed by atoms with E-state index in [1.165, 1.54) is 0 Å². The van der Waals surface area contributed by atoms with E-state index in [1.54, 1.807) is 0 Å². The highest BCUT2D eigenvalue weighted by atomic mass is 19.2. The molecular formula is C9H10F2O2. The molecule has 1 aliphatic heterocycles. The zero-order chi connectivity index (χ0) is 9.47. The number of carbonyl (C=O) groups excluding carboxylic acids is 1. The number of carbonyl (C=O) groups is 1. The van der Waals surface area contributed by atoms with Crippen LogP contribution in [0.2, 0.25) is 0 Å². The standard InChI is InChI=1S/C9H10F2O2/c10-6-7(11)9(13-8(6)12)4-2-1-3-5-9/h1-5H2. The second kappa shape index (κ2) is 2.79. The minimum absolute atomic E-state index is 0.415. The summed E-state index contributed by atoms with van der Waals surface area (Å²) in [5.74, 6) is -3.46. The summed E-state index contributed by atoms with van der Waals surface area (Å²) in [6.07, 6.45) is 3.39. The molecule has 0 atom stereocenters. The Balaban J connectivity index is 2.30. The Labute approximate surface area is 74.6 Å². The van der Waals surface area contributed by atoms with E-state index in [-0.39, 0.29) is 0 Å². The smallest absolute Gasteiger partial charge is 0.371 e. The molecule has 0 unspecified atom stereocenters. The maximum Gasteiger partial charge on any atom is 0.371 e. The highest BCUT2D eigenvalue weighted by Crippen LogP contribution is 2.44. The van der Waals surface area contributed by atoms with E-state index in [2.05, 4.69) is 0 Å². The molecule has 0 bridgehead atoms. The van der Waals surface area contributed by atoms with Gasteiger partial charge in [-0.2, -0.15) is 4.39 Å². The van der Waals surface area contributed by atoms with Crippen molar-refractivity contribution in [1.29, 1.82) is 0 Å². The van der Waals surface area contributed by atoms with Crippen LogP contribution in [0.4, 0.5) is 8.78 Å². The fourth-order valence-corrected chi connectivity index (χ4v) is 2.00. The fourth-order valence-electron chi connectivity index (χ4n) is 2.00. The van der Waals surface area contributed by atoms with Gasteiger partial charge in [0, 0.05) is 0 Å². The molecule has 72 valence electrons. The molecule has 1 spiro atoms. The summed E-state index contributed by atoms with van der Waals surface area (Å²) in [5, 5.41) is 0. The van der Waals surface area contributed by atoms with Crippen LogP contribution in [0.15, 0.2) is 11.7 Å². The summed E-state index contributed by atoms with van der Waals surface area (Å²) in [4.78, 5) is 10.8. The molecule has 0 N–H and O–H groups in total. The molecule has 1 saturated carbocycles. The Hall–Kier alpha value is -0.930. The van der Waals surface area contributed by atoms with Gasteiger partial charge in [-0.15, -0.1) is 0 Å². The van der Waals surface area contributed by atoms with E-state index in [9.17, 15) is 13.6 Å². The summed E-state index contributed by atoms with van der Waals surface area (Å²) in [7, 11) is 0. The lowest BCUT2D eigenvalue weighted by molar-refractivity contribution is -0.151. The first-order chi connectivity index (χ1) is 6.16. The lowest BCUT2D eigenvalue weighted by atomic mass is 9.84. The molecule has 13 heavy (non-hydrogen) atoms. The van der Waals surface area contributed by atoms with Gasteiger partial charge < -0.3 is 4.74 Å². The van der Waals surface area contributed by atoms with Crippen LogP contribution in [0, 0.1) is 0 Å². The van der Waals surface area contributed by atoms with Crippen LogP contribution < -0.4 is 0 Å². The molecule has 0 radical (unpaired) electrons. The summed E-state index contributed by atoms with van der Waals surface area (Å²) in [6.45, 7) is 0. The van der Waals surface area contributed by atoms with Crippen molar-refractivity contribution < 1.29 is 18.3 Å². The minimum atomic E-state index is -1.33. The van der Waals surface area contributed by atoms with E-state index in [0.29, 0.717) is 12.8 Å². The van der Waals surface area contributed by atoms with E-state index < -0.39 is 23.2 Å². The Bertz CT molecular complexity index is 277. The average Bonchev–Trinajstić information content (AvgIpc) is 2.33. The third-order valence-electron chi connectivity index (χ3n) is 2.72. The predicted molar refractivity (Wildman–Crippen MR) is 41.2 cm³/mol. The van der Waals surface area contributed by atoms with Gasteiger partial charge in [-0.3, -0.25) is 0 Å². The van der Waals surface area contributed by atoms with Gasteiger partial charge in [0.25, 0.3) is 0 Å². The molecule has 0 amide bonds. The van der Waals surface area contributed by atoms with E-state index >= 15 is 0 Å². The maximum absolute atomic E-state index is 13.3. The number of rotatable bonds is 0. The van der Waals surface area contributed by atoms with E-state index in [1.807, 2.05) is 0 Å². The first-order valence-electron chi connectivity index (χ1n) is 4.45. The number of halogens is 2. The lowest BCUT2D eigenvalue weighted by Crippen LogP contribution is -2.33. The van der Waals surface area contributed by atoms with Gasteiger partial charge in [0.1, 0.15) is 0 Å².